The molecule has 0 fully saturated rings. The molecule has 0 heterocycles. The Morgan fingerprint density at radius 3 is 2.53 bits per heavy atom. The summed E-state index contributed by atoms with van der Waals surface area (Å²) in [5, 5.41) is 2.74. The molecular formula is C15H21NO3. The number of methoxy groups -OCH3 is 1. The van der Waals surface area contributed by atoms with Gasteiger partial charge in [0.1, 0.15) is 11.5 Å². The summed E-state index contributed by atoms with van der Waals surface area (Å²) in [6, 6.07) is 4.08. The van der Waals surface area contributed by atoms with Gasteiger partial charge in [0, 0.05) is 6.54 Å². The average molecular weight is 263 g/mol. The third-order valence-corrected chi connectivity index (χ3v) is 2.90. The standard InChI is InChI=1S/C15H21NO3/c1-10-7-11(2)13(14(8-10)19-4)5-6-16-15(18)9-12(3)17/h7-8H,5-6,9H2,1-4H3,(H,16,18). The third-order valence-electron chi connectivity index (χ3n) is 2.90. The molecule has 0 bridgehead atoms. The lowest BCUT2D eigenvalue weighted by molar-refractivity contribution is -0.127. The highest BCUT2D eigenvalue weighted by Crippen LogP contribution is 2.24. The Hall–Kier alpha value is -1.84. The number of ether oxygens (including phenoxy) is 1. The highest BCUT2D eigenvalue weighted by Gasteiger charge is 2.09. The highest BCUT2D eigenvalue weighted by atomic mass is 16.5. The summed E-state index contributed by atoms with van der Waals surface area (Å²) in [5.74, 6) is 0.496. The van der Waals surface area contributed by atoms with Gasteiger partial charge in [-0.1, -0.05) is 6.07 Å². The first-order valence-electron chi connectivity index (χ1n) is 6.34. The molecule has 0 aliphatic carbocycles. The van der Waals surface area contributed by atoms with Crippen LogP contribution in [0.5, 0.6) is 5.75 Å². The summed E-state index contributed by atoms with van der Waals surface area (Å²) < 4.78 is 5.36. The number of Topliss-reactive ketones (excluding diaryl/α,β-unsaturated/α-hetero) is 1. The Morgan fingerprint density at radius 1 is 1.26 bits per heavy atom. The summed E-state index contributed by atoms with van der Waals surface area (Å²) in [5.41, 5.74) is 3.40. The topological polar surface area (TPSA) is 55.4 Å². The molecule has 104 valence electrons. The van der Waals surface area contributed by atoms with Gasteiger partial charge < -0.3 is 10.1 Å². The molecule has 0 aromatic heterocycles. The molecule has 0 spiro atoms. The molecule has 1 amide bonds. The second kappa shape index (κ2) is 6.92. The van der Waals surface area contributed by atoms with Crippen molar-refractivity contribution in [2.75, 3.05) is 13.7 Å². The first-order chi connectivity index (χ1) is 8.93. The lowest BCUT2D eigenvalue weighted by Gasteiger charge is -2.13. The van der Waals surface area contributed by atoms with Crippen LogP contribution in [0.4, 0.5) is 0 Å². The Balaban J connectivity index is 2.63. The molecule has 0 saturated carbocycles. The van der Waals surface area contributed by atoms with E-state index in [1.54, 1.807) is 7.11 Å². The van der Waals surface area contributed by atoms with E-state index < -0.39 is 0 Å². The zero-order chi connectivity index (χ0) is 14.4. The number of rotatable bonds is 6. The van der Waals surface area contributed by atoms with Crippen molar-refractivity contribution in [3.63, 3.8) is 0 Å². The van der Waals surface area contributed by atoms with E-state index in [1.165, 1.54) is 6.92 Å². The maximum absolute atomic E-state index is 11.4. The number of ketones is 1. The van der Waals surface area contributed by atoms with Gasteiger partial charge in [-0.25, -0.2) is 0 Å². The van der Waals surface area contributed by atoms with Crippen molar-refractivity contribution < 1.29 is 14.3 Å². The van der Waals surface area contributed by atoms with Gasteiger partial charge in [-0.2, -0.15) is 0 Å². The molecule has 4 heteroatoms. The number of hydrogen-bond acceptors (Lipinski definition) is 3. The van der Waals surface area contributed by atoms with Crippen molar-refractivity contribution in [2.45, 2.75) is 33.6 Å². The van der Waals surface area contributed by atoms with Gasteiger partial charge in [0.2, 0.25) is 5.91 Å². The summed E-state index contributed by atoms with van der Waals surface area (Å²) in [6.45, 7) is 5.97. The number of carbonyl (C=O) groups excluding carboxylic acids is 2. The van der Waals surface area contributed by atoms with Crippen molar-refractivity contribution in [1.29, 1.82) is 0 Å². The third kappa shape index (κ3) is 4.73. The van der Waals surface area contributed by atoms with E-state index >= 15 is 0 Å². The second-order valence-electron chi connectivity index (χ2n) is 4.74. The van der Waals surface area contributed by atoms with Gasteiger partial charge in [0.25, 0.3) is 0 Å². The molecule has 0 aliphatic heterocycles. The van der Waals surface area contributed by atoms with Gasteiger partial charge in [-0.15, -0.1) is 0 Å². The van der Waals surface area contributed by atoms with E-state index in [0.717, 1.165) is 22.4 Å². The van der Waals surface area contributed by atoms with E-state index in [9.17, 15) is 9.59 Å². The highest BCUT2D eigenvalue weighted by molar-refractivity contribution is 5.96. The maximum Gasteiger partial charge on any atom is 0.227 e. The molecule has 1 N–H and O–H groups in total. The zero-order valence-corrected chi connectivity index (χ0v) is 12.0. The molecule has 1 aromatic rings. The Kier molecular flexibility index (Phi) is 5.55. The van der Waals surface area contributed by atoms with E-state index in [1.807, 2.05) is 19.9 Å². The fraction of sp³-hybridized carbons (Fsp3) is 0.467. The fourth-order valence-electron chi connectivity index (χ4n) is 2.08. The van der Waals surface area contributed by atoms with Crippen molar-refractivity contribution in [3.05, 3.63) is 28.8 Å². The SMILES string of the molecule is COc1cc(C)cc(C)c1CCNC(=O)CC(C)=O. The minimum absolute atomic E-state index is 0.0516. The molecular weight excluding hydrogens is 242 g/mol. The predicted molar refractivity (Wildman–Crippen MR) is 74.5 cm³/mol. The molecule has 1 aromatic carbocycles. The van der Waals surface area contributed by atoms with Gasteiger partial charge in [-0.05, 0) is 49.9 Å². The molecule has 1 rings (SSSR count). The van der Waals surface area contributed by atoms with E-state index in [0.29, 0.717) is 13.0 Å². The number of benzene rings is 1. The van der Waals surface area contributed by atoms with Gasteiger partial charge in [-0.3, -0.25) is 9.59 Å². The zero-order valence-electron chi connectivity index (χ0n) is 12.0. The van der Waals surface area contributed by atoms with Crippen LogP contribution in [0, 0.1) is 13.8 Å². The second-order valence-corrected chi connectivity index (χ2v) is 4.74. The molecule has 0 aliphatic rings. The Morgan fingerprint density at radius 2 is 1.95 bits per heavy atom. The molecule has 0 radical (unpaired) electrons. The van der Waals surface area contributed by atoms with Gasteiger partial charge in [0.05, 0.1) is 13.5 Å². The number of nitrogens with one attached hydrogen (secondary N) is 1. The average Bonchev–Trinajstić information content (AvgIpc) is 2.30. The van der Waals surface area contributed by atoms with Crippen LogP contribution in [-0.2, 0) is 16.0 Å². The first kappa shape index (κ1) is 15.2. The van der Waals surface area contributed by atoms with Crippen molar-refractivity contribution in [1.82, 2.24) is 5.32 Å². The van der Waals surface area contributed by atoms with E-state index in [2.05, 4.69) is 11.4 Å². The largest absolute Gasteiger partial charge is 0.496 e. The molecule has 19 heavy (non-hydrogen) atoms. The summed E-state index contributed by atoms with van der Waals surface area (Å²) >= 11 is 0. The number of hydrogen-bond donors (Lipinski definition) is 1. The summed E-state index contributed by atoms with van der Waals surface area (Å²) in [6.07, 6.45) is 0.642. The Bertz CT molecular complexity index is 481. The van der Waals surface area contributed by atoms with Crippen LogP contribution in [0.3, 0.4) is 0 Å². The number of carbonyl (C=O) groups is 2. The van der Waals surface area contributed by atoms with Crippen LogP contribution < -0.4 is 10.1 Å². The lowest BCUT2D eigenvalue weighted by atomic mass is 10.0. The maximum atomic E-state index is 11.4. The normalized spacial score (nSPS) is 10.1. The van der Waals surface area contributed by atoms with Crippen LogP contribution >= 0.6 is 0 Å². The van der Waals surface area contributed by atoms with Crippen molar-refractivity contribution in [3.8, 4) is 5.75 Å². The van der Waals surface area contributed by atoms with E-state index in [-0.39, 0.29) is 18.1 Å². The van der Waals surface area contributed by atoms with E-state index in [4.69, 9.17) is 4.74 Å². The van der Waals surface area contributed by atoms with Crippen LogP contribution in [0.25, 0.3) is 0 Å². The number of amides is 1. The fourth-order valence-corrected chi connectivity index (χ4v) is 2.08. The lowest BCUT2D eigenvalue weighted by Crippen LogP contribution is -2.27. The minimum atomic E-state index is -0.226. The number of aryl methyl sites for hydroxylation is 2. The monoisotopic (exact) mass is 263 g/mol. The van der Waals surface area contributed by atoms with Crippen LogP contribution in [-0.4, -0.2) is 25.3 Å². The first-order valence-corrected chi connectivity index (χ1v) is 6.34. The minimum Gasteiger partial charge on any atom is -0.496 e. The van der Waals surface area contributed by atoms with Crippen LogP contribution in [0.1, 0.15) is 30.0 Å². The quantitative estimate of drug-likeness (QED) is 0.798. The molecule has 0 unspecified atom stereocenters. The van der Waals surface area contributed by atoms with Gasteiger partial charge in [0.15, 0.2) is 0 Å². The molecule has 0 atom stereocenters. The molecule has 4 nitrogen and oxygen atoms in total. The summed E-state index contributed by atoms with van der Waals surface area (Å²) in [4.78, 5) is 22.2. The predicted octanol–water partition coefficient (Wildman–Crippen LogP) is 1.95. The molecule has 0 saturated heterocycles. The van der Waals surface area contributed by atoms with Crippen molar-refractivity contribution in [2.24, 2.45) is 0 Å². The Labute approximate surface area is 114 Å². The van der Waals surface area contributed by atoms with Gasteiger partial charge >= 0.3 is 0 Å². The van der Waals surface area contributed by atoms with Crippen LogP contribution in [0.2, 0.25) is 0 Å². The van der Waals surface area contributed by atoms with Crippen molar-refractivity contribution >= 4 is 11.7 Å². The summed E-state index contributed by atoms with van der Waals surface area (Å²) in [7, 11) is 1.64. The van der Waals surface area contributed by atoms with Crippen LogP contribution in [0.15, 0.2) is 12.1 Å². The smallest absolute Gasteiger partial charge is 0.227 e.